The number of hydrogen-bond acceptors (Lipinski definition) is 4. The van der Waals surface area contributed by atoms with E-state index in [-0.39, 0.29) is 12.1 Å². The molecule has 3 rings (SSSR count). The summed E-state index contributed by atoms with van der Waals surface area (Å²) < 4.78 is 12.3. The molecule has 1 amide bonds. The number of carbonyl (C=O) groups is 1. The molecule has 2 aliphatic heterocycles. The van der Waals surface area contributed by atoms with Crippen LogP contribution in [0.2, 0.25) is 10.0 Å². The van der Waals surface area contributed by atoms with E-state index in [1.54, 1.807) is 4.90 Å². The van der Waals surface area contributed by atoms with E-state index in [9.17, 15) is 4.79 Å². The summed E-state index contributed by atoms with van der Waals surface area (Å²) in [5, 5.41) is 1.35. The Morgan fingerprint density at radius 1 is 1.35 bits per heavy atom. The summed E-state index contributed by atoms with van der Waals surface area (Å²) in [4.78, 5) is 16.5. The Hall–Kier alpha value is -0.280. The number of hydrogen-bond donors (Lipinski definition) is 0. The van der Waals surface area contributed by atoms with E-state index in [4.69, 9.17) is 32.7 Å². The van der Waals surface area contributed by atoms with Crippen molar-refractivity contribution in [1.29, 1.82) is 0 Å². The topological polar surface area (TPSA) is 42.0 Å². The third kappa shape index (κ3) is 4.58. The molecule has 0 saturated carbocycles. The Morgan fingerprint density at radius 2 is 2.08 bits per heavy atom. The first kappa shape index (κ1) is 20.5. The highest BCUT2D eigenvalue weighted by atomic mass is 127. The zero-order valence-corrected chi connectivity index (χ0v) is 18.8. The molecule has 0 N–H and O–H groups in total. The van der Waals surface area contributed by atoms with Crippen molar-refractivity contribution in [3.63, 3.8) is 0 Å². The summed E-state index contributed by atoms with van der Waals surface area (Å²) in [6, 6.07) is 2.11. The van der Waals surface area contributed by atoms with Crippen LogP contribution in [0.1, 0.15) is 31.9 Å². The van der Waals surface area contributed by atoms with Gasteiger partial charge in [-0.05, 0) is 55.0 Å². The average Bonchev–Trinajstić information content (AvgIpc) is 2.53. The molecule has 5 nitrogen and oxygen atoms in total. The van der Waals surface area contributed by atoms with E-state index in [1.165, 1.54) is 0 Å². The van der Waals surface area contributed by atoms with Crippen LogP contribution in [-0.2, 0) is 22.6 Å². The van der Waals surface area contributed by atoms with Gasteiger partial charge in [0.15, 0.2) is 0 Å². The van der Waals surface area contributed by atoms with Gasteiger partial charge in [-0.2, -0.15) is 0 Å². The molecule has 1 fully saturated rings. The molecule has 1 atom stereocenters. The summed E-state index contributed by atoms with van der Waals surface area (Å²) >= 11 is 15.0. The van der Waals surface area contributed by atoms with Gasteiger partial charge in [-0.3, -0.25) is 4.90 Å². The standard InChI is InChI=1S/C18H23Cl2IN2O3/c1-18(2,3)26-17(24)23-5-4-22-7-11-6-14(19)16(21)15(20)13(11)10-25-9-12(22)8-23/h6,12H,4-5,7-10H2,1-3H3/t12-/m1/s1. The minimum Gasteiger partial charge on any atom is -0.444 e. The molecule has 26 heavy (non-hydrogen) atoms. The third-order valence-corrected chi connectivity index (χ3v) is 7.02. The monoisotopic (exact) mass is 512 g/mol. The van der Waals surface area contributed by atoms with Crippen LogP contribution >= 0.6 is 45.8 Å². The van der Waals surface area contributed by atoms with E-state index in [1.807, 2.05) is 26.8 Å². The van der Waals surface area contributed by atoms with Crippen LogP contribution in [0.25, 0.3) is 0 Å². The molecule has 1 saturated heterocycles. The maximum atomic E-state index is 12.4. The molecular formula is C18H23Cl2IN2O3. The van der Waals surface area contributed by atoms with Gasteiger partial charge in [0.25, 0.3) is 0 Å². The van der Waals surface area contributed by atoms with Crippen LogP contribution in [0.15, 0.2) is 6.07 Å². The highest BCUT2D eigenvalue weighted by Crippen LogP contribution is 2.35. The summed E-state index contributed by atoms with van der Waals surface area (Å²) in [6.45, 7) is 9.38. The van der Waals surface area contributed by atoms with Crippen LogP contribution in [0, 0.1) is 3.57 Å². The van der Waals surface area contributed by atoms with E-state index in [2.05, 4.69) is 27.5 Å². The van der Waals surface area contributed by atoms with Crippen LogP contribution in [0.3, 0.4) is 0 Å². The second kappa shape index (κ2) is 7.99. The predicted molar refractivity (Wildman–Crippen MR) is 111 cm³/mol. The fourth-order valence-corrected chi connectivity index (χ4v) is 4.28. The number of rotatable bonds is 0. The number of piperazine rings is 1. The van der Waals surface area contributed by atoms with E-state index >= 15 is 0 Å². The van der Waals surface area contributed by atoms with Crippen molar-refractivity contribution < 1.29 is 14.3 Å². The second-order valence-corrected chi connectivity index (χ2v) is 9.55. The molecular weight excluding hydrogens is 490 g/mol. The first-order valence-electron chi connectivity index (χ1n) is 8.60. The molecule has 0 radical (unpaired) electrons. The highest BCUT2D eigenvalue weighted by molar-refractivity contribution is 14.1. The van der Waals surface area contributed by atoms with Crippen molar-refractivity contribution in [3.05, 3.63) is 30.8 Å². The molecule has 0 bridgehead atoms. The van der Waals surface area contributed by atoms with Gasteiger partial charge in [0.1, 0.15) is 5.60 Å². The van der Waals surface area contributed by atoms with Crippen molar-refractivity contribution in [2.24, 2.45) is 0 Å². The lowest BCUT2D eigenvalue weighted by molar-refractivity contribution is -0.0234. The largest absolute Gasteiger partial charge is 0.444 e. The molecule has 0 spiro atoms. The maximum Gasteiger partial charge on any atom is 0.410 e. The molecule has 0 unspecified atom stereocenters. The van der Waals surface area contributed by atoms with Crippen molar-refractivity contribution in [2.75, 3.05) is 26.2 Å². The molecule has 1 aromatic carbocycles. The SMILES string of the molecule is CC(C)(C)OC(=O)N1CCN2Cc3cc(Cl)c(I)c(Cl)c3COC[C@H]2C1. The third-order valence-electron chi connectivity index (χ3n) is 4.54. The summed E-state index contributed by atoms with van der Waals surface area (Å²) in [7, 11) is 0. The fraction of sp³-hybridized carbons (Fsp3) is 0.611. The Kier molecular flexibility index (Phi) is 6.29. The van der Waals surface area contributed by atoms with E-state index < -0.39 is 5.60 Å². The molecule has 1 aromatic rings. The van der Waals surface area contributed by atoms with E-state index in [0.717, 1.165) is 27.8 Å². The van der Waals surface area contributed by atoms with Gasteiger partial charge in [0.2, 0.25) is 0 Å². The fourth-order valence-electron chi connectivity index (χ4n) is 3.25. The van der Waals surface area contributed by atoms with Crippen LogP contribution in [-0.4, -0.2) is 53.8 Å². The van der Waals surface area contributed by atoms with Gasteiger partial charge in [-0.15, -0.1) is 0 Å². The minimum absolute atomic E-state index is 0.126. The van der Waals surface area contributed by atoms with Crippen molar-refractivity contribution >= 4 is 51.9 Å². The number of amides is 1. The van der Waals surface area contributed by atoms with Gasteiger partial charge in [0.05, 0.1) is 32.9 Å². The molecule has 2 aliphatic rings. The maximum absolute atomic E-state index is 12.4. The lowest BCUT2D eigenvalue weighted by Crippen LogP contribution is -2.57. The zero-order valence-electron chi connectivity index (χ0n) is 15.2. The molecule has 8 heteroatoms. The van der Waals surface area contributed by atoms with Crippen molar-refractivity contribution in [2.45, 2.75) is 45.6 Å². The number of ether oxygens (including phenoxy) is 2. The second-order valence-electron chi connectivity index (χ2n) is 7.69. The van der Waals surface area contributed by atoms with Gasteiger partial charge in [-0.1, -0.05) is 23.2 Å². The Bertz CT molecular complexity index is 709. The lowest BCUT2D eigenvalue weighted by atomic mass is 10.0. The molecule has 2 heterocycles. The van der Waals surface area contributed by atoms with E-state index in [0.29, 0.717) is 36.3 Å². The molecule has 144 valence electrons. The van der Waals surface area contributed by atoms with Gasteiger partial charge in [0, 0.05) is 31.7 Å². The molecule has 0 aliphatic carbocycles. The first-order valence-corrected chi connectivity index (χ1v) is 10.4. The number of benzene rings is 1. The van der Waals surface area contributed by atoms with Gasteiger partial charge in [-0.25, -0.2) is 4.79 Å². The summed E-state index contributed by atoms with van der Waals surface area (Å²) in [5.74, 6) is 0. The number of carbonyl (C=O) groups excluding carboxylic acids is 1. The van der Waals surface area contributed by atoms with Gasteiger partial charge < -0.3 is 14.4 Å². The predicted octanol–water partition coefficient (Wildman–Crippen LogP) is 4.55. The smallest absolute Gasteiger partial charge is 0.410 e. The summed E-state index contributed by atoms with van der Waals surface area (Å²) in [6.07, 6.45) is -0.264. The van der Waals surface area contributed by atoms with Crippen LogP contribution in [0.4, 0.5) is 4.79 Å². The van der Waals surface area contributed by atoms with Crippen LogP contribution in [0.5, 0.6) is 0 Å². The summed E-state index contributed by atoms with van der Waals surface area (Å²) in [5.41, 5.74) is 1.61. The first-order chi connectivity index (χ1) is 12.2. The number of nitrogens with zero attached hydrogens (tertiary/aromatic N) is 2. The lowest BCUT2D eigenvalue weighted by Gasteiger charge is -2.42. The zero-order chi connectivity index (χ0) is 19.1. The Labute approximate surface area is 178 Å². The van der Waals surface area contributed by atoms with Gasteiger partial charge >= 0.3 is 6.09 Å². The highest BCUT2D eigenvalue weighted by Gasteiger charge is 2.33. The number of halogens is 3. The van der Waals surface area contributed by atoms with Crippen molar-refractivity contribution in [1.82, 2.24) is 9.80 Å². The molecule has 0 aromatic heterocycles. The minimum atomic E-state index is -0.491. The van der Waals surface area contributed by atoms with Crippen molar-refractivity contribution in [3.8, 4) is 0 Å². The number of fused-ring (bicyclic) bond motifs is 2. The quantitative estimate of drug-likeness (QED) is 0.378. The average molecular weight is 513 g/mol. The van der Waals surface area contributed by atoms with Crippen LogP contribution < -0.4 is 0 Å². The Morgan fingerprint density at radius 3 is 2.77 bits per heavy atom. The normalized spacial score (nSPS) is 21.5. The Balaban J connectivity index is 1.75.